The minimum Gasteiger partial charge on any atom is -0.309 e. The molecular formula is C17H17N3S. The highest BCUT2D eigenvalue weighted by molar-refractivity contribution is 7.05. The molecule has 0 aliphatic heterocycles. The van der Waals surface area contributed by atoms with E-state index in [-0.39, 0.29) is 6.04 Å². The number of aromatic nitrogens is 2. The van der Waals surface area contributed by atoms with E-state index in [0.29, 0.717) is 0 Å². The van der Waals surface area contributed by atoms with Crippen LogP contribution in [0, 0.1) is 6.92 Å². The molecule has 0 spiro atoms. The summed E-state index contributed by atoms with van der Waals surface area (Å²) in [5.74, 6) is 0. The van der Waals surface area contributed by atoms with Crippen LogP contribution in [0.2, 0.25) is 0 Å². The summed E-state index contributed by atoms with van der Waals surface area (Å²) < 4.78 is 4.03. The van der Waals surface area contributed by atoms with E-state index in [2.05, 4.69) is 63.4 Å². The maximum Gasteiger partial charge on any atom is 0.0776 e. The van der Waals surface area contributed by atoms with Gasteiger partial charge in [0.15, 0.2) is 0 Å². The van der Waals surface area contributed by atoms with Gasteiger partial charge in [-0.2, -0.15) is 0 Å². The van der Waals surface area contributed by atoms with Crippen LogP contribution in [0.1, 0.15) is 22.2 Å². The average molecular weight is 295 g/mol. The summed E-state index contributed by atoms with van der Waals surface area (Å²) in [5.41, 5.74) is 4.69. The zero-order valence-electron chi connectivity index (χ0n) is 12.1. The number of nitrogens with zero attached hydrogens (tertiary/aromatic N) is 2. The molecule has 3 nitrogen and oxygen atoms in total. The van der Waals surface area contributed by atoms with Crippen molar-refractivity contribution < 1.29 is 0 Å². The monoisotopic (exact) mass is 295 g/mol. The second-order valence-corrected chi connectivity index (χ2v) is 5.72. The quantitative estimate of drug-likeness (QED) is 0.795. The normalized spacial score (nSPS) is 12.3. The predicted octanol–water partition coefficient (Wildman–Crippen LogP) is 3.82. The fourth-order valence-corrected chi connectivity index (χ4v) is 3.23. The lowest BCUT2D eigenvalue weighted by atomic mass is 9.99. The van der Waals surface area contributed by atoms with Crippen molar-refractivity contribution in [2.75, 3.05) is 7.05 Å². The third-order valence-corrected chi connectivity index (χ3v) is 4.48. The molecule has 0 aliphatic carbocycles. The number of aryl methyl sites for hydroxylation is 1. The van der Waals surface area contributed by atoms with Crippen LogP contribution in [0.25, 0.3) is 11.1 Å². The van der Waals surface area contributed by atoms with Crippen LogP contribution >= 0.6 is 11.5 Å². The van der Waals surface area contributed by atoms with Crippen LogP contribution in [0.3, 0.4) is 0 Å². The van der Waals surface area contributed by atoms with Crippen LogP contribution < -0.4 is 5.32 Å². The molecule has 3 aromatic rings. The Bertz CT molecular complexity index is 704. The summed E-state index contributed by atoms with van der Waals surface area (Å²) in [6.45, 7) is 2.00. The lowest BCUT2D eigenvalue weighted by Gasteiger charge is -2.15. The molecule has 106 valence electrons. The van der Waals surface area contributed by atoms with Gasteiger partial charge in [0.1, 0.15) is 0 Å². The van der Waals surface area contributed by atoms with Gasteiger partial charge in [0.2, 0.25) is 0 Å². The minimum atomic E-state index is 0.148. The van der Waals surface area contributed by atoms with E-state index >= 15 is 0 Å². The second kappa shape index (κ2) is 6.16. The molecule has 1 heterocycles. The van der Waals surface area contributed by atoms with E-state index in [1.165, 1.54) is 33.1 Å². The largest absolute Gasteiger partial charge is 0.309 e. The third kappa shape index (κ3) is 2.86. The lowest BCUT2D eigenvalue weighted by molar-refractivity contribution is 0.697. The zero-order chi connectivity index (χ0) is 14.7. The number of benzene rings is 2. The van der Waals surface area contributed by atoms with Crippen molar-refractivity contribution in [1.82, 2.24) is 14.9 Å². The fourth-order valence-electron chi connectivity index (χ4n) is 2.45. The maximum atomic E-state index is 4.10. The summed E-state index contributed by atoms with van der Waals surface area (Å²) >= 11 is 1.45. The standard InChI is InChI=1S/C17H17N3S/c1-12-17(21-20-19-12)16(18-2)15-10-8-14(9-11-15)13-6-4-3-5-7-13/h3-11,16,18H,1-2H3. The zero-order valence-corrected chi connectivity index (χ0v) is 12.9. The first-order valence-corrected chi connectivity index (χ1v) is 7.68. The Morgan fingerprint density at radius 1 is 0.952 bits per heavy atom. The molecule has 0 amide bonds. The van der Waals surface area contributed by atoms with Crippen molar-refractivity contribution in [2.24, 2.45) is 0 Å². The highest BCUT2D eigenvalue weighted by atomic mass is 32.1. The summed E-state index contributed by atoms with van der Waals surface area (Å²) in [6, 6.07) is 19.2. The van der Waals surface area contributed by atoms with Crippen molar-refractivity contribution in [1.29, 1.82) is 0 Å². The number of nitrogens with one attached hydrogen (secondary N) is 1. The molecular weight excluding hydrogens is 278 g/mol. The highest BCUT2D eigenvalue weighted by Crippen LogP contribution is 2.28. The first kappa shape index (κ1) is 13.9. The molecule has 1 unspecified atom stereocenters. The molecule has 3 rings (SSSR count). The first-order valence-electron chi connectivity index (χ1n) is 6.91. The Labute approximate surface area is 128 Å². The molecule has 21 heavy (non-hydrogen) atoms. The van der Waals surface area contributed by atoms with Crippen molar-refractivity contribution >= 4 is 11.5 Å². The first-order chi connectivity index (χ1) is 10.3. The minimum absolute atomic E-state index is 0.148. The van der Waals surface area contributed by atoms with Gasteiger partial charge in [0.25, 0.3) is 0 Å². The van der Waals surface area contributed by atoms with Gasteiger partial charge in [0, 0.05) is 0 Å². The summed E-state index contributed by atoms with van der Waals surface area (Å²) in [6.07, 6.45) is 0. The van der Waals surface area contributed by atoms with E-state index in [1.807, 2.05) is 20.0 Å². The molecule has 4 heteroatoms. The molecule has 0 saturated heterocycles. The molecule has 1 N–H and O–H groups in total. The summed E-state index contributed by atoms with van der Waals surface area (Å²) in [5, 5.41) is 7.46. The van der Waals surface area contributed by atoms with E-state index in [9.17, 15) is 0 Å². The molecule has 0 radical (unpaired) electrons. The molecule has 2 aromatic carbocycles. The molecule has 0 aliphatic rings. The highest BCUT2D eigenvalue weighted by Gasteiger charge is 2.17. The molecule has 1 atom stereocenters. The summed E-state index contributed by atoms with van der Waals surface area (Å²) in [4.78, 5) is 1.17. The molecule has 1 aromatic heterocycles. The van der Waals surface area contributed by atoms with Crippen molar-refractivity contribution in [3.05, 3.63) is 70.7 Å². The van der Waals surface area contributed by atoms with Crippen LogP contribution in [0.4, 0.5) is 0 Å². The summed E-state index contributed by atoms with van der Waals surface area (Å²) in [7, 11) is 1.97. The average Bonchev–Trinajstić information content (AvgIpc) is 2.96. The molecule has 0 bridgehead atoms. The van der Waals surface area contributed by atoms with Crippen molar-refractivity contribution in [2.45, 2.75) is 13.0 Å². The second-order valence-electron chi connectivity index (χ2n) is 4.93. The van der Waals surface area contributed by atoms with E-state index in [1.54, 1.807) is 0 Å². The van der Waals surface area contributed by atoms with E-state index < -0.39 is 0 Å². The Kier molecular flexibility index (Phi) is 4.08. The van der Waals surface area contributed by atoms with Gasteiger partial charge in [-0.15, -0.1) is 5.10 Å². The van der Waals surface area contributed by atoms with Crippen LogP contribution in [0.15, 0.2) is 54.6 Å². The van der Waals surface area contributed by atoms with Gasteiger partial charge < -0.3 is 5.32 Å². The Morgan fingerprint density at radius 2 is 1.62 bits per heavy atom. The SMILES string of the molecule is CNC(c1ccc(-c2ccccc2)cc1)c1snnc1C. The third-order valence-electron chi connectivity index (χ3n) is 3.59. The predicted molar refractivity (Wildman–Crippen MR) is 87.4 cm³/mol. The van der Waals surface area contributed by atoms with Crippen LogP contribution in [0.5, 0.6) is 0 Å². The smallest absolute Gasteiger partial charge is 0.0776 e. The fraction of sp³-hybridized carbons (Fsp3) is 0.176. The Hall–Kier alpha value is -2.04. The van der Waals surface area contributed by atoms with Crippen LogP contribution in [-0.4, -0.2) is 16.6 Å². The topological polar surface area (TPSA) is 37.8 Å². The van der Waals surface area contributed by atoms with E-state index in [4.69, 9.17) is 0 Å². The Morgan fingerprint density at radius 3 is 2.19 bits per heavy atom. The molecule has 0 saturated carbocycles. The van der Waals surface area contributed by atoms with E-state index in [0.717, 1.165) is 5.69 Å². The maximum absolute atomic E-state index is 4.10. The number of hydrogen-bond acceptors (Lipinski definition) is 4. The molecule has 0 fully saturated rings. The van der Waals surface area contributed by atoms with Crippen LogP contribution in [-0.2, 0) is 0 Å². The van der Waals surface area contributed by atoms with Gasteiger partial charge in [-0.1, -0.05) is 59.1 Å². The Balaban J connectivity index is 1.91. The van der Waals surface area contributed by atoms with Gasteiger partial charge >= 0.3 is 0 Å². The van der Waals surface area contributed by atoms with Gasteiger partial charge in [-0.25, -0.2) is 0 Å². The van der Waals surface area contributed by atoms with Crippen molar-refractivity contribution in [3.8, 4) is 11.1 Å². The van der Waals surface area contributed by atoms with Gasteiger partial charge in [0.05, 0.1) is 16.6 Å². The number of rotatable bonds is 4. The number of hydrogen-bond donors (Lipinski definition) is 1. The lowest BCUT2D eigenvalue weighted by Crippen LogP contribution is -2.17. The van der Waals surface area contributed by atoms with Crippen molar-refractivity contribution in [3.63, 3.8) is 0 Å². The van der Waals surface area contributed by atoms with Gasteiger partial charge in [-0.05, 0) is 42.2 Å². The van der Waals surface area contributed by atoms with Gasteiger partial charge in [-0.3, -0.25) is 0 Å².